The fraction of sp³-hybridized carbons (Fsp3) is 0.389. The highest BCUT2D eigenvalue weighted by molar-refractivity contribution is 5.86. The summed E-state index contributed by atoms with van der Waals surface area (Å²) in [5, 5.41) is 31.9. The minimum Gasteiger partial charge on any atom is -0.497 e. The molecule has 28 heavy (non-hydrogen) atoms. The quantitative estimate of drug-likeness (QED) is 0.480. The van der Waals surface area contributed by atoms with Gasteiger partial charge in [0.15, 0.2) is 6.61 Å². The van der Waals surface area contributed by atoms with Crippen LogP contribution in [-0.4, -0.2) is 40.3 Å². The largest absolute Gasteiger partial charge is 0.497 e. The molecule has 2 rings (SSSR count). The second-order valence-corrected chi connectivity index (χ2v) is 6.65. The fourth-order valence-corrected chi connectivity index (χ4v) is 2.88. The van der Waals surface area contributed by atoms with Crippen molar-refractivity contribution in [3.05, 3.63) is 62.2 Å². The number of carbonyl (C=O) groups is 1. The Kier molecular flexibility index (Phi) is 6.34. The molecule has 0 saturated heterocycles. The third kappa shape index (κ3) is 4.84. The van der Waals surface area contributed by atoms with E-state index in [-0.39, 0.29) is 12.8 Å². The standard InChI is InChI=1S/C18H20N2O8/c1-18(19(23)24,11-28-20(25)26)8-7-16(17(21)22)14-4-3-13-10-15(27-2)6-5-12(13)9-14/h3-6,9-10,16H,7-8,11H2,1-2H3,(H,21,22)/t16-,18?/m0/s1. The first-order chi connectivity index (χ1) is 13.2. The predicted molar refractivity (Wildman–Crippen MR) is 98.5 cm³/mol. The number of carboxylic acids is 1. The lowest BCUT2D eigenvalue weighted by Crippen LogP contribution is -2.41. The molecule has 0 bridgehead atoms. The van der Waals surface area contributed by atoms with Crippen LogP contribution in [0.4, 0.5) is 0 Å². The summed E-state index contributed by atoms with van der Waals surface area (Å²) in [5.74, 6) is -1.46. The van der Waals surface area contributed by atoms with Crippen molar-refractivity contribution < 1.29 is 29.5 Å². The summed E-state index contributed by atoms with van der Waals surface area (Å²) in [5.41, 5.74) is -1.28. The molecular formula is C18H20N2O8. The lowest BCUT2D eigenvalue weighted by Gasteiger charge is -2.22. The van der Waals surface area contributed by atoms with E-state index in [0.29, 0.717) is 11.3 Å². The number of ether oxygens (including phenoxy) is 1. The zero-order valence-corrected chi connectivity index (χ0v) is 15.4. The molecule has 0 fully saturated rings. The topological polar surface area (TPSA) is 142 Å². The summed E-state index contributed by atoms with van der Waals surface area (Å²) in [6.07, 6.45) is -0.277. The van der Waals surface area contributed by atoms with Gasteiger partial charge in [-0.2, -0.15) is 0 Å². The molecule has 0 aliphatic heterocycles. The van der Waals surface area contributed by atoms with E-state index in [2.05, 4.69) is 4.84 Å². The molecule has 10 heteroatoms. The summed E-state index contributed by atoms with van der Waals surface area (Å²) in [7, 11) is 1.55. The van der Waals surface area contributed by atoms with E-state index in [1.165, 1.54) is 6.92 Å². The normalized spacial score (nSPS) is 14.1. The number of nitrogens with zero attached hydrogens (tertiary/aromatic N) is 2. The molecule has 150 valence electrons. The summed E-state index contributed by atoms with van der Waals surface area (Å²) in [6.45, 7) is 0.443. The summed E-state index contributed by atoms with van der Waals surface area (Å²) in [4.78, 5) is 36.9. The van der Waals surface area contributed by atoms with E-state index in [1.807, 2.05) is 6.07 Å². The van der Waals surface area contributed by atoms with E-state index in [0.717, 1.165) is 10.8 Å². The first-order valence-electron chi connectivity index (χ1n) is 8.38. The van der Waals surface area contributed by atoms with Crippen LogP contribution in [0.25, 0.3) is 10.8 Å². The smallest absolute Gasteiger partial charge is 0.310 e. The van der Waals surface area contributed by atoms with Crippen molar-refractivity contribution in [2.24, 2.45) is 0 Å². The second kappa shape index (κ2) is 8.51. The van der Waals surface area contributed by atoms with E-state index < -0.39 is 34.0 Å². The van der Waals surface area contributed by atoms with E-state index in [9.17, 15) is 30.1 Å². The molecule has 2 aromatic carbocycles. The molecular weight excluding hydrogens is 372 g/mol. The van der Waals surface area contributed by atoms with Gasteiger partial charge < -0.3 is 14.7 Å². The van der Waals surface area contributed by atoms with Crippen molar-refractivity contribution >= 4 is 16.7 Å². The fourth-order valence-electron chi connectivity index (χ4n) is 2.88. The SMILES string of the molecule is COc1ccc2cc([C@H](CCC(C)(CO[N+](=O)[O-])[N+](=O)[O-])C(=O)O)ccc2c1. The Morgan fingerprint density at radius 3 is 2.39 bits per heavy atom. The average molecular weight is 392 g/mol. The molecule has 2 atom stereocenters. The Morgan fingerprint density at radius 2 is 1.82 bits per heavy atom. The van der Waals surface area contributed by atoms with Crippen LogP contribution < -0.4 is 4.74 Å². The van der Waals surface area contributed by atoms with Crippen molar-refractivity contribution in [2.75, 3.05) is 13.7 Å². The van der Waals surface area contributed by atoms with Crippen LogP contribution in [0.3, 0.4) is 0 Å². The van der Waals surface area contributed by atoms with Gasteiger partial charge in [0.25, 0.3) is 5.09 Å². The molecule has 1 unspecified atom stereocenters. The zero-order valence-electron chi connectivity index (χ0n) is 15.4. The molecule has 0 radical (unpaired) electrons. The first-order valence-corrected chi connectivity index (χ1v) is 8.38. The highest BCUT2D eigenvalue weighted by Gasteiger charge is 2.40. The number of benzene rings is 2. The number of hydrogen-bond donors (Lipinski definition) is 1. The van der Waals surface area contributed by atoms with Gasteiger partial charge in [-0.3, -0.25) is 14.9 Å². The molecule has 0 heterocycles. The maximum Gasteiger partial charge on any atom is 0.310 e. The van der Waals surface area contributed by atoms with Crippen molar-refractivity contribution in [1.29, 1.82) is 0 Å². The molecule has 10 nitrogen and oxygen atoms in total. The van der Waals surface area contributed by atoms with Crippen molar-refractivity contribution in [1.82, 2.24) is 0 Å². The number of aliphatic carboxylic acids is 1. The lowest BCUT2D eigenvalue weighted by atomic mass is 9.87. The van der Waals surface area contributed by atoms with Crippen molar-refractivity contribution in [3.63, 3.8) is 0 Å². The highest BCUT2D eigenvalue weighted by Crippen LogP contribution is 2.30. The maximum atomic E-state index is 11.8. The van der Waals surface area contributed by atoms with Gasteiger partial charge in [0.1, 0.15) is 5.75 Å². The first kappa shape index (κ1) is 20.9. The summed E-state index contributed by atoms with van der Waals surface area (Å²) < 4.78 is 5.16. The van der Waals surface area contributed by atoms with Crippen LogP contribution >= 0.6 is 0 Å². The van der Waals surface area contributed by atoms with Gasteiger partial charge in [0, 0.05) is 18.3 Å². The van der Waals surface area contributed by atoms with Gasteiger partial charge >= 0.3 is 5.97 Å². The molecule has 0 amide bonds. The average Bonchev–Trinajstić information content (AvgIpc) is 2.65. The number of methoxy groups -OCH3 is 1. The highest BCUT2D eigenvalue weighted by atomic mass is 17.0. The molecule has 1 N–H and O–H groups in total. The van der Waals surface area contributed by atoms with E-state index in [1.54, 1.807) is 37.4 Å². The second-order valence-electron chi connectivity index (χ2n) is 6.65. The zero-order chi connectivity index (χ0) is 20.9. The predicted octanol–water partition coefficient (Wildman–Crippen LogP) is 3.04. The number of nitro groups is 1. The Balaban J connectivity index is 2.25. The molecule has 2 aromatic rings. The van der Waals surface area contributed by atoms with Gasteiger partial charge in [-0.25, -0.2) is 0 Å². The van der Waals surface area contributed by atoms with Gasteiger partial charge in [0.2, 0.25) is 5.54 Å². The van der Waals surface area contributed by atoms with Crippen LogP contribution in [0.1, 0.15) is 31.2 Å². The van der Waals surface area contributed by atoms with Gasteiger partial charge in [-0.15, -0.1) is 10.1 Å². The van der Waals surface area contributed by atoms with Crippen LogP contribution in [0, 0.1) is 20.2 Å². The van der Waals surface area contributed by atoms with Crippen molar-refractivity contribution in [3.8, 4) is 5.75 Å². The molecule has 0 saturated carbocycles. The summed E-state index contributed by atoms with van der Waals surface area (Å²) in [6, 6.07) is 10.5. The molecule has 0 aliphatic rings. The van der Waals surface area contributed by atoms with E-state index >= 15 is 0 Å². The van der Waals surface area contributed by atoms with Gasteiger partial charge in [-0.05, 0) is 34.9 Å². The van der Waals surface area contributed by atoms with Crippen LogP contribution in [0.2, 0.25) is 0 Å². The Morgan fingerprint density at radius 1 is 1.18 bits per heavy atom. The molecule has 0 aliphatic carbocycles. The Labute approximate surface area is 159 Å². The minimum absolute atomic E-state index is 0.0739. The lowest BCUT2D eigenvalue weighted by molar-refractivity contribution is -0.770. The minimum atomic E-state index is -1.77. The number of fused-ring (bicyclic) bond motifs is 1. The molecule has 0 spiro atoms. The van der Waals surface area contributed by atoms with Gasteiger partial charge in [-0.1, -0.05) is 24.3 Å². The van der Waals surface area contributed by atoms with Crippen molar-refractivity contribution in [2.45, 2.75) is 31.2 Å². The van der Waals surface area contributed by atoms with E-state index in [4.69, 9.17) is 4.74 Å². The third-order valence-electron chi connectivity index (χ3n) is 4.67. The van der Waals surface area contributed by atoms with Crippen LogP contribution in [0.15, 0.2) is 36.4 Å². The van der Waals surface area contributed by atoms with Gasteiger partial charge in [0.05, 0.1) is 13.0 Å². The van der Waals surface area contributed by atoms with Crippen LogP contribution in [0.5, 0.6) is 5.75 Å². The molecule has 0 aromatic heterocycles. The third-order valence-corrected chi connectivity index (χ3v) is 4.67. The monoisotopic (exact) mass is 392 g/mol. The number of carboxylic acid groups (broad SMARTS) is 1. The summed E-state index contributed by atoms with van der Waals surface area (Å²) >= 11 is 0. The maximum absolute atomic E-state index is 11.8. The number of hydrogen-bond acceptors (Lipinski definition) is 7. The Bertz CT molecular complexity index is 900. The van der Waals surface area contributed by atoms with Crippen LogP contribution in [-0.2, 0) is 9.63 Å². The Hall–Kier alpha value is -3.43. The number of rotatable bonds is 10.